The van der Waals surface area contributed by atoms with Gasteiger partial charge in [-0.3, -0.25) is 9.59 Å². The van der Waals surface area contributed by atoms with E-state index in [2.05, 4.69) is 0 Å². The third kappa shape index (κ3) is 5.80. The summed E-state index contributed by atoms with van der Waals surface area (Å²) in [6.07, 6.45) is -8.15. The standard InChI is InChI=1S/C22H18F6O6S2/c1-35(31,32)16-9-12(21(23,24)25)5-7-14(16)19(29)18(11-3-4-11)20(30)15-8-6-13(22(26,27)28)10-17(15)36(2,33)34/h5-11,18H,3-4H2,1-2H3. The predicted molar refractivity (Wildman–Crippen MR) is 114 cm³/mol. The largest absolute Gasteiger partial charge is 0.416 e. The quantitative estimate of drug-likeness (QED) is 0.280. The Morgan fingerprint density at radius 3 is 1.31 bits per heavy atom. The van der Waals surface area contributed by atoms with Gasteiger partial charge in [0.15, 0.2) is 31.2 Å². The predicted octanol–water partition coefficient (Wildman–Crippen LogP) is 4.62. The van der Waals surface area contributed by atoms with Gasteiger partial charge in [-0.05, 0) is 55.2 Å². The maximum absolute atomic E-state index is 13.4. The molecule has 0 spiro atoms. The molecule has 0 aliphatic heterocycles. The average Bonchev–Trinajstić information content (AvgIpc) is 3.55. The van der Waals surface area contributed by atoms with Crippen molar-refractivity contribution in [1.82, 2.24) is 0 Å². The van der Waals surface area contributed by atoms with Crippen molar-refractivity contribution in [3.05, 3.63) is 58.7 Å². The minimum atomic E-state index is -4.93. The monoisotopic (exact) mass is 556 g/mol. The van der Waals surface area contributed by atoms with E-state index in [1.54, 1.807) is 0 Å². The van der Waals surface area contributed by atoms with Crippen molar-refractivity contribution < 1.29 is 52.8 Å². The number of benzene rings is 2. The van der Waals surface area contributed by atoms with Crippen LogP contribution in [0.2, 0.25) is 0 Å². The fraction of sp³-hybridized carbons (Fsp3) is 0.364. The van der Waals surface area contributed by atoms with Crippen LogP contribution in [0.3, 0.4) is 0 Å². The van der Waals surface area contributed by atoms with E-state index in [4.69, 9.17) is 0 Å². The highest BCUT2D eigenvalue weighted by Crippen LogP contribution is 2.43. The van der Waals surface area contributed by atoms with E-state index >= 15 is 0 Å². The molecule has 1 saturated carbocycles. The van der Waals surface area contributed by atoms with Crippen LogP contribution in [0.1, 0.15) is 44.7 Å². The van der Waals surface area contributed by atoms with Gasteiger partial charge in [0.25, 0.3) is 0 Å². The number of hydrogen-bond acceptors (Lipinski definition) is 6. The summed E-state index contributed by atoms with van der Waals surface area (Å²) < 4.78 is 128. The van der Waals surface area contributed by atoms with Gasteiger partial charge in [-0.15, -0.1) is 0 Å². The van der Waals surface area contributed by atoms with Gasteiger partial charge < -0.3 is 0 Å². The molecule has 196 valence electrons. The molecule has 0 N–H and O–H groups in total. The molecule has 3 rings (SSSR count). The van der Waals surface area contributed by atoms with Crippen LogP contribution in [0.15, 0.2) is 46.2 Å². The molecule has 2 aromatic carbocycles. The van der Waals surface area contributed by atoms with Crippen molar-refractivity contribution in [2.75, 3.05) is 12.5 Å². The first-order chi connectivity index (χ1) is 16.2. The molecular formula is C22H18F6O6S2. The molecule has 36 heavy (non-hydrogen) atoms. The zero-order valence-corrected chi connectivity index (χ0v) is 20.2. The Hall–Kier alpha value is -2.74. The second-order valence-corrected chi connectivity index (χ2v) is 12.5. The molecule has 1 aliphatic carbocycles. The summed E-state index contributed by atoms with van der Waals surface area (Å²) in [5.41, 5.74) is -4.11. The molecule has 0 radical (unpaired) electrons. The van der Waals surface area contributed by atoms with Crippen molar-refractivity contribution in [2.45, 2.75) is 35.0 Å². The van der Waals surface area contributed by atoms with Crippen LogP contribution in [0, 0.1) is 11.8 Å². The Morgan fingerprint density at radius 2 is 1.06 bits per heavy atom. The summed E-state index contributed by atoms with van der Waals surface area (Å²) in [6, 6.07) is 2.70. The fourth-order valence-corrected chi connectivity index (χ4v) is 5.55. The van der Waals surface area contributed by atoms with Gasteiger partial charge in [0.05, 0.1) is 26.8 Å². The normalized spacial score (nSPS) is 15.2. The molecule has 0 unspecified atom stereocenters. The summed E-state index contributed by atoms with van der Waals surface area (Å²) in [5.74, 6) is -4.75. The Morgan fingerprint density at radius 1 is 0.722 bits per heavy atom. The Labute approximate surface area is 202 Å². The zero-order valence-electron chi connectivity index (χ0n) is 18.6. The van der Waals surface area contributed by atoms with Crippen LogP contribution in [0.4, 0.5) is 26.3 Å². The SMILES string of the molecule is CS(=O)(=O)c1cc(C(F)(F)F)ccc1C(=O)C(C(=O)c1ccc(C(F)(F)F)cc1S(C)(=O)=O)C1CC1. The molecule has 0 heterocycles. The molecule has 1 fully saturated rings. The van der Waals surface area contributed by atoms with Gasteiger partial charge in [-0.1, -0.05) is 0 Å². The smallest absolute Gasteiger partial charge is 0.293 e. The maximum atomic E-state index is 13.4. The molecule has 2 aromatic rings. The lowest BCUT2D eigenvalue weighted by Crippen LogP contribution is -2.29. The van der Waals surface area contributed by atoms with Crippen molar-refractivity contribution in [1.29, 1.82) is 0 Å². The highest BCUT2D eigenvalue weighted by molar-refractivity contribution is 7.91. The molecule has 0 atom stereocenters. The van der Waals surface area contributed by atoms with Gasteiger partial charge in [0.1, 0.15) is 0 Å². The molecule has 14 heteroatoms. The summed E-state index contributed by atoms with van der Waals surface area (Å²) in [7, 11) is -8.79. The fourth-order valence-electron chi connectivity index (χ4n) is 3.73. The lowest BCUT2D eigenvalue weighted by Gasteiger charge is -2.19. The van der Waals surface area contributed by atoms with Crippen LogP contribution < -0.4 is 0 Å². The number of hydrogen-bond donors (Lipinski definition) is 0. The minimum absolute atomic E-state index is 0.261. The lowest BCUT2D eigenvalue weighted by atomic mass is 9.85. The summed E-state index contributed by atoms with van der Waals surface area (Å²) >= 11 is 0. The third-order valence-electron chi connectivity index (χ3n) is 5.61. The number of sulfone groups is 2. The molecule has 6 nitrogen and oxygen atoms in total. The second kappa shape index (κ2) is 8.98. The molecule has 0 bridgehead atoms. The minimum Gasteiger partial charge on any atom is -0.293 e. The first kappa shape index (κ1) is 27.8. The van der Waals surface area contributed by atoms with Gasteiger partial charge in [-0.25, -0.2) is 16.8 Å². The topological polar surface area (TPSA) is 102 Å². The van der Waals surface area contributed by atoms with Gasteiger partial charge in [-0.2, -0.15) is 26.3 Å². The molecular weight excluding hydrogens is 538 g/mol. The number of ketones is 2. The molecule has 0 saturated heterocycles. The van der Waals surface area contributed by atoms with Crippen molar-refractivity contribution in [3.8, 4) is 0 Å². The summed E-state index contributed by atoms with van der Waals surface area (Å²) in [4.78, 5) is 24.8. The maximum Gasteiger partial charge on any atom is 0.416 e. The second-order valence-electron chi connectivity index (χ2n) is 8.51. The van der Waals surface area contributed by atoms with Crippen molar-refractivity contribution >= 4 is 31.2 Å². The highest BCUT2D eigenvalue weighted by Gasteiger charge is 2.45. The van der Waals surface area contributed by atoms with Gasteiger partial charge >= 0.3 is 12.4 Å². The lowest BCUT2D eigenvalue weighted by molar-refractivity contribution is -0.138. The first-order valence-electron chi connectivity index (χ1n) is 10.1. The first-order valence-corrected chi connectivity index (χ1v) is 13.9. The molecule has 1 aliphatic rings. The molecule has 0 amide bonds. The Kier molecular flexibility index (Phi) is 6.94. The summed E-state index contributed by atoms with van der Waals surface area (Å²) in [6.45, 7) is 0. The number of halogens is 6. The van der Waals surface area contributed by atoms with E-state index in [9.17, 15) is 52.8 Å². The van der Waals surface area contributed by atoms with Crippen LogP contribution in [-0.4, -0.2) is 40.9 Å². The van der Waals surface area contributed by atoms with E-state index in [1.165, 1.54) is 0 Å². The number of Topliss-reactive ketones (excluding diaryl/α,β-unsaturated/α-hetero) is 2. The van der Waals surface area contributed by atoms with Crippen molar-refractivity contribution in [3.63, 3.8) is 0 Å². The van der Waals surface area contributed by atoms with E-state index in [-0.39, 0.29) is 25.0 Å². The van der Waals surface area contributed by atoms with E-state index in [1.807, 2.05) is 0 Å². The number of alkyl halides is 6. The summed E-state index contributed by atoms with van der Waals surface area (Å²) in [5, 5.41) is 0. The van der Waals surface area contributed by atoms with Crippen LogP contribution in [-0.2, 0) is 32.0 Å². The van der Waals surface area contributed by atoms with E-state index < -0.39 is 87.5 Å². The van der Waals surface area contributed by atoms with Gasteiger partial charge in [0.2, 0.25) is 0 Å². The number of rotatable bonds is 7. The number of carbonyl (C=O) groups is 2. The Balaban J connectivity index is 2.18. The van der Waals surface area contributed by atoms with Crippen LogP contribution in [0.25, 0.3) is 0 Å². The average molecular weight is 557 g/mol. The third-order valence-corrected chi connectivity index (χ3v) is 7.88. The van der Waals surface area contributed by atoms with Crippen molar-refractivity contribution in [2.24, 2.45) is 11.8 Å². The van der Waals surface area contributed by atoms with Crippen LogP contribution in [0.5, 0.6) is 0 Å². The zero-order chi connectivity index (χ0) is 27.4. The number of carbonyl (C=O) groups excluding carboxylic acids is 2. The Bertz CT molecular complexity index is 1350. The van der Waals surface area contributed by atoms with E-state index in [0.29, 0.717) is 36.8 Å². The highest BCUT2D eigenvalue weighted by atomic mass is 32.2. The van der Waals surface area contributed by atoms with Gasteiger partial charge in [0, 0.05) is 23.6 Å². The van der Waals surface area contributed by atoms with Crippen LogP contribution >= 0.6 is 0 Å². The molecule has 0 aromatic heterocycles. The van der Waals surface area contributed by atoms with E-state index in [0.717, 1.165) is 0 Å².